The first-order valence-electron chi connectivity index (χ1n) is 5.98. The molecule has 1 aromatic heterocycles. The van der Waals surface area contributed by atoms with Crippen LogP contribution in [0.25, 0.3) is 16.7 Å². The maximum atomic E-state index is 12.8. The first-order chi connectivity index (χ1) is 9.88. The number of para-hydroxylation sites is 1. The van der Waals surface area contributed by atoms with Gasteiger partial charge < -0.3 is 5.73 Å². The summed E-state index contributed by atoms with van der Waals surface area (Å²) in [6.07, 6.45) is -4.43. The number of nitrogens with zero attached hydrogens (tertiary/aromatic N) is 2. The highest BCUT2D eigenvalue weighted by molar-refractivity contribution is 6.35. The van der Waals surface area contributed by atoms with Crippen molar-refractivity contribution in [1.82, 2.24) is 9.55 Å². The molecule has 21 heavy (non-hydrogen) atoms. The Labute approximate surface area is 122 Å². The lowest BCUT2D eigenvalue weighted by Gasteiger charge is -2.11. The second-order valence-corrected chi connectivity index (χ2v) is 4.87. The van der Waals surface area contributed by atoms with Gasteiger partial charge in [0.2, 0.25) is 5.95 Å². The molecule has 2 aromatic carbocycles. The van der Waals surface area contributed by atoms with Gasteiger partial charge in [-0.3, -0.25) is 4.57 Å². The van der Waals surface area contributed by atoms with Crippen LogP contribution < -0.4 is 5.73 Å². The summed E-state index contributed by atoms with van der Waals surface area (Å²) in [5, 5.41) is 0.370. The minimum atomic E-state index is -4.43. The Kier molecular flexibility index (Phi) is 3.06. The molecule has 0 bridgehead atoms. The monoisotopic (exact) mass is 311 g/mol. The summed E-state index contributed by atoms with van der Waals surface area (Å²) in [6.45, 7) is 0. The van der Waals surface area contributed by atoms with E-state index in [4.69, 9.17) is 17.3 Å². The molecule has 0 saturated heterocycles. The molecule has 7 heteroatoms. The summed E-state index contributed by atoms with van der Waals surface area (Å²) in [5.41, 5.74) is 6.34. The number of nitrogens with two attached hydrogens (primary N) is 1. The van der Waals surface area contributed by atoms with Gasteiger partial charge in [-0.2, -0.15) is 13.2 Å². The zero-order valence-electron chi connectivity index (χ0n) is 10.5. The van der Waals surface area contributed by atoms with Gasteiger partial charge in [0, 0.05) is 5.69 Å². The third-order valence-corrected chi connectivity index (χ3v) is 3.39. The van der Waals surface area contributed by atoms with Crippen molar-refractivity contribution in [3.63, 3.8) is 0 Å². The molecular weight excluding hydrogens is 303 g/mol. The first kappa shape index (κ1) is 13.8. The molecular formula is C14H9ClF3N3. The topological polar surface area (TPSA) is 43.8 Å². The smallest absolute Gasteiger partial charge is 0.369 e. The summed E-state index contributed by atoms with van der Waals surface area (Å²) in [4.78, 5) is 4.12. The lowest BCUT2D eigenvalue weighted by Crippen LogP contribution is -2.07. The van der Waals surface area contributed by atoms with Gasteiger partial charge in [0.15, 0.2) is 0 Å². The third-order valence-electron chi connectivity index (χ3n) is 3.08. The number of benzene rings is 2. The van der Waals surface area contributed by atoms with E-state index in [9.17, 15) is 13.2 Å². The van der Waals surface area contributed by atoms with Gasteiger partial charge in [0.1, 0.15) is 0 Å². The molecule has 108 valence electrons. The predicted octanol–water partition coefficient (Wildman–Crippen LogP) is 4.28. The summed E-state index contributed by atoms with van der Waals surface area (Å²) in [7, 11) is 0. The van der Waals surface area contributed by atoms with Crippen LogP contribution in [-0.2, 0) is 6.18 Å². The maximum Gasteiger partial charge on any atom is 0.416 e. The van der Waals surface area contributed by atoms with Crippen LogP contribution in [0.2, 0.25) is 5.02 Å². The molecule has 0 aliphatic carbocycles. The van der Waals surface area contributed by atoms with E-state index in [-0.39, 0.29) is 11.6 Å². The van der Waals surface area contributed by atoms with Crippen LogP contribution in [0.4, 0.5) is 19.1 Å². The highest BCUT2D eigenvalue weighted by Gasteiger charge is 2.30. The second kappa shape index (κ2) is 4.66. The molecule has 0 saturated carbocycles. The van der Waals surface area contributed by atoms with Gasteiger partial charge in [0.05, 0.1) is 21.6 Å². The Morgan fingerprint density at radius 1 is 1.10 bits per heavy atom. The van der Waals surface area contributed by atoms with Gasteiger partial charge in [0.25, 0.3) is 0 Å². The average Bonchev–Trinajstić information content (AvgIpc) is 2.75. The van der Waals surface area contributed by atoms with Crippen molar-refractivity contribution in [2.45, 2.75) is 6.18 Å². The van der Waals surface area contributed by atoms with Crippen molar-refractivity contribution in [2.75, 3.05) is 5.73 Å². The standard InChI is InChI=1S/C14H9ClF3N3/c15-10-5-2-6-11-12(10)21(13(19)20-11)9-4-1-3-8(7-9)14(16,17)18/h1-7H,(H2,19,20). The molecule has 0 radical (unpaired) electrons. The van der Waals surface area contributed by atoms with Gasteiger partial charge in [-0.25, -0.2) is 4.98 Å². The van der Waals surface area contributed by atoms with Gasteiger partial charge in [-0.05, 0) is 30.3 Å². The van der Waals surface area contributed by atoms with Gasteiger partial charge >= 0.3 is 6.18 Å². The SMILES string of the molecule is Nc1nc2cccc(Cl)c2n1-c1cccc(C(F)(F)F)c1. The molecule has 3 nitrogen and oxygen atoms in total. The number of anilines is 1. The number of rotatable bonds is 1. The van der Waals surface area contributed by atoms with E-state index in [1.54, 1.807) is 18.2 Å². The molecule has 0 unspecified atom stereocenters. The van der Waals surface area contributed by atoms with Crippen LogP contribution in [0.1, 0.15) is 5.56 Å². The summed E-state index contributed by atoms with van der Waals surface area (Å²) in [6, 6.07) is 9.89. The third kappa shape index (κ3) is 2.31. The Bertz CT molecular complexity index is 824. The normalized spacial score (nSPS) is 12.0. The molecule has 3 aromatic rings. The number of halogens is 4. The molecule has 0 aliphatic heterocycles. The number of aromatic nitrogens is 2. The van der Waals surface area contributed by atoms with Crippen molar-refractivity contribution in [3.05, 3.63) is 53.1 Å². The molecule has 3 rings (SSSR count). The number of imidazole rings is 1. The molecule has 0 atom stereocenters. The number of fused-ring (bicyclic) bond motifs is 1. The number of hydrogen-bond acceptors (Lipinski definition) is 2. The fourth-order valence-electron chi connectivity index (χ4n) is 2.19. The molecule has 0 amide bonds. The van der Waals surface area contributed by atoms with E-state index in [0.29, 0.717) is 16.1 Å². The number of alkyl halides is 3. The second-order valence-electron chi connectivity index (χ2n) is 4.46. The van der Waals surface area contributed by atoms with E-state index in [0.717, 1.165) is 12.1 Å². The lowest BCUT2D eigenvalue weighted by molar-refractivity contribution is -0.137. The Morgan fingerprint density at radius 2 is 1.81 bits per heavy atom. The molecule has 0 spiro atoms. The Hall–Kier alpha value is -2.21. The highest BCUT2D eigenvalue weighted by atomic mass is 35.5. The predicted molar refractivity (Wildman–Crippen MR) is 75.5 cm³/mol. The fraction of sp³-hybridized carbons (Fsp3) is 0.0714. The van der Waals surface area contributed by atoms with Crippen molar-refractivity contribution in [1.29, 1.82) is 0 Å². The minimum absolute atomic E-state index is 0.0809. The lowest BCUT2D eigenvalue weighted by atomic mass is 10.2. The van der Waals surface area contributed by atoms with E-state index in [1.165, 1.54) is 16.7 Å². The maximum absolute atomic E-state index is 12.8. The Morgan fingerprint density at radius 3 is 2.52 bits per heavy atom. The number of nitrogen functional groups attached to an aromatic ring is 1. The van der Waals surface area contributed by atoms with Crippen LogP contribution in [-0.4, -0.2) is 9.55 Å². The van der Waals surface area contributed by atoms with E-state index >= 15 is 0 Å². The van der Waals surface area contributed by atoms with Crippen LogP contribution in [0.3, 0.4) is 0 Å². The van der Waals surface area contributed by atoms with Crippen molar-refractivity contribution < 1.29 is 13.2 Å². The molecule has 0 aliphatic rings. The van der Waals surface area contributed by atoms with Crippen molar-refractivity contribution >= 4 is 28.6 Å². The molecule has 0 fully saturated rings. The van der Waals surface area contributed by atoms with E-state index in [1.807, 2.05) is 0 Å². The summed E-state index contributed by atoms with van der Waals surface area (Å²) < 4.78 is 39.9. The van der Waals surface area contributed by atoms with Crippen LogP contribution in [0.5, 0.6) is 0 Å². The molecule has 2 N–H and O–H groups in total. The van der Waals surface area contributed by atoms with Crippen molar-refractivity contribution in [3.8, 4) is 5.69 Å². The number of hydrogen-bond donors (Lipinski definition) is 1. The largest absolute Gasteiger partial charge is 0.416 e. The zero-order chi connectivity index (χ0) is 15.2. The van der Waals surface area contributed by atoms with Gasteiger partial charge in [-0.15, -0.1) is 0 Å². The highest BCUT2D eigenvalue weighted by Crippen LogP contribution is 2.33. The van der Waals surface area contributed by atoms with E-state index < -0.39 is 11.7 Å². The minimum Gasteiger partial charge on any atom is -0.369 e. The fourth-order valence-corrected chi connectivity index (χ4v) is 2.44. The van der Waals surface area contributed by atoms with Crippen LogP contribution in [0, 0.1) is 0 Å². The quantitative estimate of drug-likeness (QED) is 0.729. The summed E-state index contributed by atoms with van der Waals surface area (Å²) in [5.74, 6) is 0.0809. The molecule has 1 heterocycles. The van der Waals surface area contributed by atoms with Gasteiger partial charge in [-0.1, -0.05) is 23.7 Å². The first-order valence-corrected chi connectivity index (χ1v) is 6.36. The van der Waals surface area contributed by atoms with Crippen molar-refractivity contribution in [2.24, 2.45) is 0 Å². The van der Waals surface area contributed by atoms with Crippen LogP contribution in [0.15, 0.2) is 42.5 Å². The van der Waals surface area contributed by atoms with Crippen LogP contribution >= 0.6 is 11.6 Å². The Balaban J connectivity index is 2.28. The average molecular weight is 312 g/mol. The van der Waals surface area contributed by atoms with E-state index in [2.05, 4.69) is 4.98 Å². The zero-order valence-corrected chi connectivity index (χ0v) is 11.3. The summed E-state index contributed by atoms with van der Waals surface area (Å²) >= 11 is 6.12.